The zero-order valence-electron chi connectivity index (χ0n) is 16.4. The van der Waals surface area contributed by atoms with Crippen LogP contribution in [0.3, 0.4) is 0 Å². The highest BCUT2D eigenvalue weighted by molar-refractivity contribution is 7.89. The lowest BCUT2D eigenvalue weighted by Crippen LogP contribution is -3.14. The number of benzene rings is 1. The molecule has 0 aromatic heterocycles. The van der Waals surface area contributed by atoms with E-state index in [-0.39, 0.29) is 10.8 Å². The number of hydrogen-bond donors (Lipinski definition) is 2. The molecule has 2 atom stereocenters. The summed E-state index contributed by atoms with van der Waals surface area (Å²) in [6.45, 7) is 4.63. The van der Waals surface area contributed by atoms with Crippen LogP contribution in [0.5, 0.6) is 0 Å². The fraction of sp³-hybridized carbons (Fsp3) is 0.611. The predicted octanol–water partition coefficient (Wildman–Crippen LogP) is 0.256. The van der Waals surface area contributed by atoms with Gasteiger partial charge in [0.15, 0.2) is 6.54 Å². The third-order valence-corrected chi connectivity index (χ3v) is 6.59. The predicted molar refractivity (Wildman–Crippen MR) is 104 cm³/mol. The van der Waals surface area contributed by atoms with E-state index in [0.29, 0.717) is 18.2 Å². The number of rotatable bonds is 6. The molecule has 26 heavy (non-hydrogen) atoms. The zero-order valence-corrected chi connectivity index (χ0v) is 17.2. The largest absolute Gasteiger partial charge is 0.376 e. The van der Waals surface area contributed by atoms with E-state index in [1.165, 1.54) is 35.8 Å². The maximum atomic E-state index is 12.5. The average Bonchev–Trinajstić information content (AvgIpc) is 2.54. The molecule has 146 valence electrons. The highest BCUT2D eigenvalue weighted by atomic mass is 32.2. The molecule has 1 fully saturated rings. The number of likely N-dealkylation sites (tertiary alicyclic amines) is 1. The third-order valence-electron chi connectivity index (χ3n) is 4.78. The number of sulfonamides is 1. The van der Waals surface area contributed by atoms with Crippen molar-refractivity contribution >= 4 is 27.3 Å². The van der Waals surface area contributed by atoms with Crippen molar-refractivity contribution in [1.29, 1.82) is 0 Å². The summed E-state index contributed by atoms with van der Waals surface area (Å²) in [7, 11) is 3.16. The van der Waals surface area contributed by atoms with Crippen LogP contribution in [0.1, 0.15) is 19.8 Å². The monoisotopic (exact) mass is 383 g/mol. The van der Waals surface area contributed by atoms with Gasteiger partial charge >= 0.3 is 0 Å². The molecule has 0 bridgehead atoms. The SMILES string of the molecule is C[C@H]1CCC[NH+](CC(=O)Nc2cc(S(=O)(=O)N(C)C)ccc2N(C)C)C1. The van der Waals surface area contributed by atoms with Crippen molar-refractivity contribution in [2.75, 3.05) is 58.0 Å². The fourth-order valence-corrected chi connectivity index (χ4v) is 4.28. The maximum absolute atomic E-state index is 12.5. The molecule has 1 saturated heterocycles. The molecule has 2 N–H and O–H groups in total. The summed E-state index contributed by atoms with van der Waals surface area (Å²) in [4.78, 5) is 15.9. The highest BCUT2D eigenvalue weighted by Crippen LogP contribution is 2.28. The summed E-state index contributed by atoms with van der Waals surface area (Å²) in [5.41, 5.74) is 1.30. The van der Waals surface area contributed by atoms with Crippen molar-refractivity contribution in [3.05, 3.63) is 18.2 Å². The first kappa shape index (κ1) is 20.7. The van der Waals surface area contributed by atoms with Crippen LogP contribution >= 0.6 is 0 Å². The molecule has 0 aliphatic carbocycles. The smallest absolute Gasteiger partial charge is 0.279 e. The van der Waals surface area contributed by atoms with Gasteiger partial charge in [0.25, 0.3) is 5.91 Å². The first-order chi connectivity index (χ1) is 12.1. The van der Waals surface area contributed by atoms with Crippen LogP contribution in [0.25, 0.3) is 0 Å². The van der Waals surface area contributed by atoms with Crippen molar-refractivity contribution in [1.82, 2.24) is 4.31 Å². The number of hydrogen-bond acceptors (Lipinski definition) is 4. The summed E-state index contributed by atoms with van der Waals surface area (Å²) in [6.07, 6.45) is 2.36. The second kappa shape index (κ2) is 8.37. The molecule has 0 radical (unpaired) electrons. The van der Waals surface area contributed by atoms with E-state index in [2.05, 4.69) is 12.2 Å². The Kier molecular flexibility index (Phi) is 6.65. The second-order valence-electron chi connectivity index (χ2n) is 7.54. The van der Waals surface area contributed by atoms with Gasteiger partial charge in [0.05, 0.1) is 29.4 Å². The van der Waals surface area contributed by atoms with E-state index in [1.807, 2.05) is 19.0 Å². The van der Waals surface area contributed by atoms with E-state index in [1.54, 1.807) is 12.1 Å². The molecular weight excluding hydrogens is 352 g/mol. The Morgan fingerprint density at radius 3 is 2.54 bits per heavy atom. The van der Waals surface area contributed by atoms with E-state index in [9.17, 15) is 13.2 Å². The molecule has 1 aliphatic heterocycles. The summed E-state index contributed by atoms with van der Waals surface area (Å²) < 4.78 is 26.0. The molecule has 1 unspecified atom stereocenters. The number of carbonyl (C=O) groups excluding carboxylic acids is 1. The van der Waals surface area contributed by atoms with Gasteiger partial charge in [0.1, 0.15) is 0 Å². The fourth-order valence-electron chi connectivity index (χ4n) is 3.36. The lowest BCUT2D eigenvalue weighted by atomic mass is 10.0. The van der Waals surface area contributed by atoms with Crippen LogP contribution in [0, 0.1) is 5.92 Å². The lowest BCUT2D eigenvalue weighted by Gasteiger charge is -2.27. The van der Waals surface area contributed by atoms with Gasteiger partial charge in [-0.2, -0.15) is 0 Å². The molecule has 1 amide bonds. The van der Waals surface area contributed by atoms with Crippen LogP contribution in [0.2, 0.25) is 0 Å². The van der Waals surface area contributed by atoms with Crippen molar-refractivity contribution in [2.45, 2.75) is 24.7 Å². The Morgan fingerprint density at radius 2 is 1.96 bits per heavy atom. The minimum absolute atomic E-state index is 0.0865. The van der Waals surface area contributed by atoms with Crippen molar-refractivity contribution in [3.63, 3.8) is 0 Å². The van der Waals surface area contributed by atoms with Crippen molar-refractivity contribution in [2.24, 2.45) is 5.92 Å². The maximum Gasteiger partial charge on any atom is 0.279 e. The van der Waals surface area contributed by atoms with Gasteiger partial charge in [-0.25, -0.2) is 12.7 Å². The van der Waals surface area contributed by atoms with Gasteiger partial charge < -0.3 is 15.1 Å². The summed E-state index contributed by atoms with van der Waals surface area (Å²) >= 11 is 0. The minimum Gasteiger partial charge on any atom is -0.376 e. The summed E-state index contributed by atoms with van der Waals surface area (Å²) in [5, 5.41) is 2.92. The third kappa shape index (κ3) is 4.96. The molecule has 1 heterocycles. The van der Waals surface area contributed by atoms with Gasteiger partial charge in [0.2, 0.25) is 10.0 Å². The topological polar surface area (TPSA) is 74.2 Å². The number of quaternary nitrogens is 1. The molecule has 0 spiro atoms. The van der Waals surface area contributed by atoms with Crippen LogP contribution < -0.4 is 15.1 Å². The first-order valence-electron chi connectivity index (χ1n) is 8.98. The summed E-state index contributed by atoms with van der Waals surface area (Å²) in [5.74, 6) is 0.550. The van der Waals surface area contributed by atoms with Gasteiger partial charge in [-0.15, -0.1) is 0 Å². The standard InChI is InChI=1S/C18H30N4O3S/c1-14-7-6-10-22(12-14)13-18(23)19-16-11-15(26(24,25)21(4)5)8-9-17(16)20(2)3/h8-9,11,14H,6-7,10,12-13H2,1-5H3,(H,19,23)/p+1/t14-/m0/s1. The number of carbonyl (C=O) groups is 1. The first-order valence-corrected chi connectivity index (χ1v) is 10.4. The molecule has 1 aromatic carbocycles. The Labute approximate surface area is 157 Å². The lowest BCUT2D eigenvalue weighted by molar-refractivity contribution is -0.900. The zero-order chi connectivity index (χ0) is 19.5. The highest BCUT2D eigenvalue weighted by Gasteiger charge is 2.24. The van der Waals surface area contributed by atoms with Gasteiger partial charge in [-0.1, -0.05) is 6.92 Å². The average molecular weight is 384 g/mol. The molecule has 1 aromatic rings. The molecule has 2 rings (SSSR count). The van der Waals surface area contributed by atoms with Crippen LogP contribution in [-0.4, -0.2) is 66.5 Å². The van der Waals surface area contributed by atoms with Crippen LogP contribution in [0.4, 0.5) is 11.4 Å². The number of nitrogens with one attached hydrogen (secondary N) is 2. The molecule has 8 heteroatoms. The van der Waals surface area contributed by atoms with Crippen LogP contribution in [-0.2, 0) is 14.8 Å². The van der Waals surface area contributed by atoms with Gasteiger partial charge in [-0.05, 0) is 31.0 Å². The van der Waals surface area contributed by atoms with Gasteiger partial charge in [-0.3, -0.25) is 4.79 Å². The van der Waals surface area contributed by atoms with E-state index in [4.69, 9.17) is 0 Å². The molecule has 0 saturated carbocycles. The Balaban J connectivity index is 2.21. The molecular formula is C18H31N4O3S+. The Bertz CT molecular complexity index is 747. The van der Waals surface area contributed by atoms with Crippen LogP contribution in [0.15, 0.2) is 23.1 Å². The normalized spacial score (nSPS) is 20.8. The van der Waals surface area contributed by atoms with E-state index >= 15 is 0 Å². The van der Waals surface area contributed by atoms with E-state index < -0.39 is 10.0 Å². The van der Waals surface area contributed by atoms with Crippen molar-refractivity contribution in [3.8, 4) is 0 Å². The molecule has 1 aliphatic rings. The number of nitrogens with zero attached hydrogens (tertiary/aromatic N) is 2. The minimum atomic E-state index is -3.55. The Hall–Kier alpha value is -1.64. The second-order valence-corrected chi connectivity index (χ2v) is 9.69. The number of amides is 1. The van der Waals surface area contributed by atoms with E-state index in [0.717, 1.165) is 25.2 Å². The van der Waals surface area contributed by atoms with Crippen molar-refractivity contribution < 1.29 is 18.1 Å². The number of anilines is 2. The van der Waals surface area contributed by atoms with Gasteiger partial charge in [0, 0.05) is 34.1 Å². The quantitative estimate of drug-likeness (QED) is 0.739. The number of piperidine rings is 1. The summed E-state index contributed by atoms with van der Waals surface area (Å²) in [6, 6.07) is 4.83. The Morgan fingerprint density at radius 1 is 1.27 bits per heavy atom. The molecule has 7 nitrogen and oxygen atoms in total.